The van der Waals surface area contributed by atoms with Crippen LogP contribution < -0.4 is 0 Å². The van der Waals surface area contributed by atoms with Gasteiger partial charge in [0.25, 0.3) is 0 Å². The lowest BCUT2D eigenvalue weighted by Gasteiger charge is -2.18. The minimum Gasteiger partial charge on any atom is -0.309 e. The number of benzene rings is 7. The molecule has 0 saturated carbocycles. The molecule has 3 nitrogen and oxygen atoms in total. The van der Waals surface area contributed by atoms with E-state index in [4.69, 9.17) is 6.57 Å². The lowest BCUT2D eigenvalue weighted by atomic mass is 9.89. The molecular formula is C44H29N3. The zero-order valence-electron chi connectivity index (χ0n) is 25.9. The van der Waals surface area contributed by atoms with Crippen LogP contribution in [0.25, 0.3) is 82.1 Å². The zero-order valence-corrected chi connectivity index (χ0v) is 25.9. The number of rotatable bonds is 4. The summed E-state index contributed by atoms with van der Waals surface area (Å²) in [6.07, 6.45) is 0. The molecule has 2 heterocycles. The first kappa shape index (κ1) is 27.0. The van der Waals surface area contributed by atoms with Crippen LogP contribution in [0.3, 0.4) is 0 Å². The van der Waals surface area contributed by atoms with E-state index in [0.717, 1.165) is 39.1 Å². The van der Waals surface area contributed by atoms with Crippen molar-refractivity contribution in [3.8, 4) is 33.6 Å². The van der Waals surface area contributed by atoms with E-state index < -0.39 is 0 Å². The van der Waals surface area contributed by atoms with Crippen LogP contribution in [0.1, 0.15) is 5.56 Å². The van der Waals surface area contributed by atoms with Gasteiger partial charge in [0.05, 0.1) is 28.6 Å². The fourth-order valence-electron chi connectivity index (χ4n) is 7.37. The summed E-state index contributed by atoms with van der Waals surface area (Å²) in [5.41, 5.74) is 13.4. The Hall–Kier alpha value is -6.37. The Labute approximate surface area is 273 Å². The van der Waals surface area contributed by atoms with Gasteiger partial charge in [-0.2, -0.15) is 0 Å². The summed E-state index contributed by atoms with van der Waals surface area (Å²) >= 11 is 0. The van der Waals surface area contributed by atoms with Crippen LogP contribution in [0.4, 0.5) is 5.69 Å². The lowest BCUT2D eigenvalue weighted by Crippen LogP contribution is -1.99. The number of para-hydroxylation sites is 4. The van der Waals surface area contributed by atoms with Gasteiger partial charge in [-0.25, -0.2) is 4.85 Å². The summed E-state index contributed by atoms with van der Waals surface area (Å²) in [6.45, 7) is 9.81. The number of hydrogen-bond donors (Lipinski definition) is 0. The summed E-state index contributed by atoms with van der Waals surface area (Å²) in [7, 11) is 0. The minimum absolute atomic E-state index is 0.632. The monoisotopic (exact) mass is 599 g/mol. The SMILES string of the molecule is [C-]#[N+]c1ccc(-c2c3c4ccccc4n(-c4ccccc4)c3c(-c3ccc(C)cc3)c3c4ccccc4n(-c4ccccc4)c23)cc1. The molecule has 0 spiro atoms. The van der Waals surface area contributed by atoms with Crippen molar-refractivity contribution in [1.29, 1.82) is 0 Å². The molecule has 9 aromatic rings. The molecule has 0 aliphatic rings. The molecule has 0 saturated heterocycles. The Bertz CT molecular complexity index is 2650. The summed E-state index contributed by atoms with van der Waals surface area (Å²) in [5, 5.41) is 4.80. The molecule has 0 unspecified atom stereocenters. The standard InChI is InChI=1S/C44H29N3/c1-29-21-23-30(24-22-29)39-41-35-17-9-11-19-37(35)47(34-15-7-4-8-16-34)44(41)40(31-25-27-32(45-2)28-26-31)42-36-18-10-12-20-38(36)46(43(39)42)33-13-5-3-6-14-33/h3-28H,1H3. The Balaban J connectivity index is 1.65. The van der Waals surface area contributed by atoms with Crippen molar-refractivity contribution in [3.63, 3.8) is 0 Å². The fourth-order valence-corrected chi connectivity index (χ4v) is 7.37. The van der Waals surface area contributed by atoms with Crippen LogP contribution in [0.15, 0.2) is 158 Å². The van der Waals surface area contributed by atoms with Crippen molar-refractivity contribution >= 4 is 49.3 Å². The average Bonchev–Trinajstić information content (AvgIpc) is 3.66. The molecule has 0 N–H and O–H groups in total. The van der Waals surface area contributed by atoms with Crippen molar-refractivity contribution in [1.82, 2.24) is 9.13 Å². The van der Waals surface area contributed by atoms with E-state index in [0.29, 0.717) is 5.69 Å². The highest BCUT2D eigenvalue weighted by atomic mass is 15.0. The van der Waals surface area contributed by atoms with Gasteiger partial charge in [-0.1, -0.05) is 127 Å². The van der Waals surface area contributed by atoms with E-state index in [-0.39, 0.29) is 0 Å². The lowest BCUT2D eigenvalue weighted by molar-refractivity contribution is 1.17. The largest absolute Gasteiger partial charge is 0.309 e. The first-order valence-electron chi connectivity index (χ1n) is 15.9. The van der Waals surface area contributed by atoms with Crippen molar-refractivity contribution in [2.75, 3.05) is 0 Å². The van der Waals surface area contributed by atoms with Crippen LogP contribution in [0, 0.1) is 13.5 Å². The summed E-state index contributed by atoms with van der Waals surface area (Å²) < 4.78 is 4.89. The third-order valence-electron chi connectivity index (χ3n) is 9.38. The predicted octanol–water partition coefficient (Wildman–Crippen LogP) is 12.1. The average molecular weight is 600 g/mol. The van der Waals surface area contributed by atoms with Crippen molar-refractivity contribution < 1.29 is 0 Å². The third-order valence-corrected chi connectivity index (χ3v) is 9.38. The maximum absolute atomic E-state index is 7.66. The van der Waals surface area contributed by atoms with Crippen LogP contribution in [-0.2, 0) is 0 Å². The molecule has 0 bridgehead atoms. The number of fused-ring (bicyclic) bond motifs is 6. The first-order chi connectivity index (χ1) is 23.2. The predicted molar refractivity (Wildman–Crippen MR) is 197 cm³/mol. The second kappa shape index (κ2) is 10.6. The number of aromatic nitrogens is 2. The molecule has 0 aliphatic heterocycles. The smallest absolute Gasteiger partial charge is 0.187 e. The van der Waals surface area contributed by atoms with Gasteiger partial charge in [0.2, 0.25) is 0 Å². The molecule has 0 radical (unpaired) electrons. The number of nitrogens with zero attached hydrogens (tertiary/aromatic N) is 3. The molecule has 3 heteroatoms. The molecule has 7 aromatic carbocycles. The van der Waals surface area contributed by atoms with Gasteiger partial charge in [0.1, 0.15) is 0 Å². The van der Waals surface area contributed by atoms with Gasteiger partial charge in [0, 0.05) is 44.0 Å². The fraction of sp³-hybridized carbons (Fsp3) is 0.0227. The highest BCUT2D eigenvalue weighted by Crippen LogP contribution is 2.52. The Morgan fingerprint density at radius 1 is 0.447 bits per heavy atom. The zero-order chi connectivity index (χ0) is 31.5. The summed E-state index contributed by atoms with van der Waals surface area (Å²) in [6, 6.07) is 56.1. The van der Waals surface area contributed by atoms with Crippen molar-refractivity contribution in [2.24, 2.45) is 0 Å². The molecule has 47 heavy (non-hydrogen) atoms. The quantitative estimate of drug-likeness (QED) is 0.179. The second-order valence-corrected chi connectivity index (χ2v) is 12.1. The van der Waals surface area contributed by atoms with Gasteiger partial charge in [0.15, 0.2) is 5.69 Å². The summed E-state index contributed by atoms with van der Waals surface area (Å²) in [4.78, 5) is 3.73. The molecule has 220 valence electrons. The normalized spacial score (nSPS) is 11.5. The Morgan fingerprint density at radius 3 is 1.30 bits per heavy atom. The van der Waals surface area contributed by atoms with Gasteiger partial charge < -0.3 is 9.13 Å². The van der Waals surface area contributed by atoms with Gasteiger partial charge >= 0.3 is 0 Å². The van der Waals surface area contributed by atoms with Crippen LogP contribution in [0.2, 0.25) is 0 Å². The van der Waals surface area contributed by atoms with Crippen molar-refractivity contribution in [2.45, 2.75) is 6.92 Å². The number of aryl methyl sites for hydroxylation is 1. The molecule has 0 fully saturated rings. The highest BCUT2D eigenvalue weighted by molar-refractivity contribution is 6.33. The molecular weight excluding hydrogens is 571 g/mol. The van der Waals surface area contributed by atoms with Crippen LogP contribution in [-0.4, -0.2) is 9.13 Å². The van der Waals surface area contributed by atoms with E-state index in [9.17, 15) is 0 Å². The third kappa shape index (κ3) is 4.06. The maximum Gasteiger partial charge on any atom is 0.187 e. The molecule has 0 atom stereocenters. The topological polar surface area (TPSA) is 14.2 Å². The van der Waals surface area contributed by atoms with E-state index in [2.05, 4.69) is 166 Å². The van der Waals surface area contributed by atoms with Crippen LogP contribution in [0.5, 0.6) is 0 Å². The second-order valence-electron chi connectivity index (χ2n) is 12.1. The maximum atomic E-state index is 7.66. The molecule has 0 aliphatic carbocycles. The van der Waals surface area contributed by atoms with E-state index in [1.807, 2.05) is 12.1 Å². The summed E-state index contributed by atoms with van der Waals surface area (Å²) in [5.74, 6) is 0. The highest BCUT2D eigenvalue weighted by Gasteiger charge is 2.28. The van der Waals surface area contributed by atoms with E-state index >= 15 is 0 Å². The van der Waals surface area contributed by atoms with E-state index in [1.54, 1.807) is 0 Å². The first-order valence-corrected chi connectivity index (χ1v) is 15.9. The Kier molecular flexibility index (Phi) is 6.10. The van der Waals surface area contributed by atoms with Crippen molar-refractivity contribution in [3.05, 3.63) is 175 Å². The van der Waals surface area contributed by atoms with Crippen LogP contribution >= 0.6 is 0 Å². The molecule has 0 amide bonds. The van der Waals surface area contributed by atoms with Gasteiger partial charge in [-0.05, 0) is 54.4 Å². The Morgan fingerprint density at radius 2 is 0.851 bits per heavy atom. The van der Waals surface area contributed by atoms with Gasteiger partial charge in [-0.15, -0.1) is 0 Å². The molecule has 2 aromatic heterocycles. The van der Waals surface area contributed by atoms with Gasteiger partial charge in [-0.3, -0.25) is 0 Å². The number of hydrogen-bond acceptors (Lipinski definition) is 0. The minimum atomic E-state index is 0.632. The molecule has 9 rings (SSSR count). The van der Waals surface area contributed by atoms with E-state index in [1.165, 1.54) is 43.8 Å².